The van der Waals surface area contributed by atoms with E-state index in [2.05, 4.69) is 15.6 Å². The van der Waals surface area contributed by atoms with E-state index < -0.39 is 0 Å². The molecule has 126 valence electrons. The highest BCUT2D eigenvalue weighted by molar-refractivity contribution is 5.99. The molecule has 6 heteroatoms. The normalized spacial score (nSPS) is 10.2. The van der Waals surface area contributed by atoms with Gasteiger partial charge in [-0.1, -0.05) is 19.1 Å². The predicted molar refractivity (Wildman–Crippen MR) is 89.3 cm³/mol. The molecule has 1 aromatic carbocycles. The van der Waals surface area contributed by atoms with Crippen LogP contribution in [0.5, 0.6) is 0 Å². The van der Waals surface area contributed by atoms with Crippen molar-refractivity contribution in [1.29, 1.82) is 0 Å². The lowest BCUT2D eigenvalue weighted by atomic mass is 10.1. The van der Waals surface area contributed by atoms with E-state index in [1.807, 2.05) is 6.92 Å². The molecule has 0 atom stereocenters. The van der Waals surface area contributed by atoms with Crippen LogP contribution in [0.3, 0.4) is 0 Å². The van der Waals surface area contributed by atoms with Crippen molar-refractivity contribution >= 4 is 11.8 Å². The van der Waals surface area contributed by atoms with Gasteiger partial charge in [0.2, 0.25) is 0 Å². The van der Waals surface area contributed by atoms with Crippen molar-refractivity contribution in [3.63, 3.8) is 0 Å². The number of carbonyl (C=O) groups excluding carboxylic acids is 2. The van der Waals surface area contributed by atoms with Gasteiger partial charge in [0.1, 0.15) is 5.82 Å². The van der Waals surface area contributed by atoms with Crippen LogP contribution in [0, 0.1) is 5.82 Å². The van der Waals surface area contributed by atoms with Crippen LogP contribution in [0.1, 0.15) is 39.6 Å². The average molecular weight is 329 g/mol. The van der Waals surface area contributed by atoms with E-state index in [1.165, 1.54) is 30.6 Å². The van der Waals surface area contributed by atoms with Crippen molar-refractivity contribution in [3.8, 4) is 0 Å². The zero-order chi connectivity index (χ0) is 17.4. The van der Waals surface area contributed by atoms with Gasteiger partial charge in [0.25, 0.3) is 11.8 Å². The number of aromatic nitrogens is 1. The van der Waals surface area contributed by atoms with Crippen LogP contribution in [0.25, 0.3) is 0 Å². The Bertz CT molecular complexity index is 702. The molecule has 0 bridgehead atoms. The van der Waals surface area contributed by atoms with E-state index in [0.29, 0.717) is 30.6 Å². The van der Waals surface area contributed by atoms with Crippen LogP contribution in [0.15, 0.2) is 42.7 Å². The summed E-state index contributed by atoms with van der Waals surface area (Å²) in [5.41, 5.74) is 1.62. The van der Waals surface area contributed by atoms with E-state index in [-0.39, 0.29) is 17.6 Å². The summed E-state index contributed by atoms with van der Waals surface area (Å²) in [6.45, 7) is 2.95. The van der Waals surface area contributed by atoms with Crippen molar-refractivity contribution in [2.45, 2.75) is 19.8 Å². The molecule has 0 spiro atoms. The van der Waals surface area contributed by atoms with Gasteiger partial charge in [0.05, 0.1) is 11.1 Å². The smallest absolute Gasteiger partial charge is 0.252 e. The maximum Gasteiger partial charge on any atom is 0.252 e. The highest BCUT2D eigenvalue weighted by atomic mass is 19.1. The fraction of sp³-hybridized carbons (Fsp3) is 0.278. The van der Waals surface area contributed by atoms with E-state index >= 15 is 0 Å². The first-order chi connectivity index (χ1) is 11.6. The molecule has 24 heavy (non-hydrogen) atoms. The molecule has 5 nitrogen and oxygen atoms in total. The van der Waals surface area contributed by atoms with Gasteiger partial charge in [0, 0.05) is 25.5 Å². The van der Waals surface area contributed by atoms with Gasteiger partial charge >= 0.3 is 0 Å². The Balaban J connectivity index is 1.90. The van der Waals surface area contributed by atoms with Gasteiger partial charge in [0.15, 0.2) is 0 Å². The number of carbonyl (C=O) groups is 2. The van der Waals surface area contributed by atoms with Crippen LogP contribution in [-0.2, 0) is 6.42 Å². The van der Waals surface area contributed by atoms with Gasteiger partial charge in [-0.25, -0.2) is 4.39 Å². The Morgan fingerprint density at radius 2 is 1.58 bits per heavy atom. The summed E-state index contributed by atoms with van der Waals surface area (Å²) in [4.78, 5) is 28.0. The molecule has 2 rings (SSSR count). The fourth-order valence-electron chi connectivity index (χ4n) is 2.10. The molecule has 1 aromatic heterocycles. The summed E-state index contributed by atoms with van der Waals surface area (Å²) in [5, 5.41) is 5.51. The first kappa shape index (κ1) is 17.6. The molecule has 0 fully saturated rings. The van der Waals surface area contributed by atoms with Crippen molar-refractivity contribution < 1.29 is 14.0 Å². The Labute approximate surface area is 140 Å². The number of hydrogen-bond donors (Lipinski definition) is 2. The third-order valence-corrected chi connectivity index (χ3v) is 3.41. The minimum Gasteiger partial charge on any atom is -0.352 e. The second-order valence-corrected chi connectivity index (χ2v) is 5.35. The number of pyridine rings is 1. The third kappa shape index (κ3) is 5.15. The number of rotatable bonds is 7. The summed E-state index contributed by atoms with van der Waals surface area (Å²) < 4.78 is 12.8. The minimum atomic E-state index is -0.297. The molecule has 1 heterocycles. The number of nitrogens with zero attached hydrogens (tertiary/aromatic N) is 1. The Kier molecular flexibility index (Phi) is 6.42. The topological polar surface area (TPSA) is 71.1 Å². The zero-order valence-electron chi connectivity index (χ0n) is 13.5. The molecular weight excluding hydrogens is 309 g/mol. The van der Waals surface area contributed by atoms with Gasteiger partial charge in [-0.2, -0.15) is 0 Å². The number of amides is 2. The standard InChI is InChI=1S/C18H20FN3O2/c1-2-8-21-17(23)14-10-15(12-20-11-14)18(24)22-9-7-13-3-5-16(19)6-4-13/h3-6,10-12H,2,7-9H2,1H3,(H,21,23)(H,22,24). The summed E-state index contributed by atoms with van der Waals surface area (Å²) >= 11 is 0. The predicted octanol–water partition coefficient (Wildman–Crippen LogP) is 2.33. The number of halogens is 1. The first-order valence-corrected chi connectivity index (χ1v) is 7.86. The largest absolute Gasteiger partial charge is 0.352 e. The molecule has 0 aliphatic carbocycles. The number of benzene rings is 1. The van der Waals surface area contributed by atoms with Crippen LogP contribution in [-0.4, -0.2) is 29.9 Å². The molecule has 0 radical (unpaired) electrons. The van der Waals surface area contributed by atoms with Crippen LogP contribution >= 0.6 is 0 Å². The number of hydrogen-bond acceptors (Lipinski definition) is 3. The zero-order valence-corrected chi connectivity index (χ0v) is 13.5. The van der Waals surface area contributed by atoms with Crippen molar-refractivity contribution in [2.75, 3.05) is 13.1 Å². The Hall–Kier alpha value is -2.76. The Morgan fingerprint density at radius 1 is 1.00 bits per heavy atom. The Morgan fingerprint density at radius 3 is 2.17 bits per heavy atom. The molecular formula is C18H20FN3O2. The molecule has 0 aliphatic rings. The molecule has 2 N–H and O–H groups in total. The molecule has 2 amide bonds. The van der Waals surface area contributed by atoms with Gasteiger partial charge < -0.3 is 10.6 Å². The third-order valence-electron chi connectivity index (χ3n) is 3.41. The molecule has 0 unspecified atom stereocenters. The van der Waals surface area contributed by atoms with Gasteiger partial charge in [-0.3, -0.25) is 14.6 Å². The molecule has 2 aromatic rings. The second-order valence-electron chi connectivity index (χ2n) is 5.35. The minimum absolute atomic E-state index is 0.245. The lowest BCUT2D eigenvalue weighted by Crippen LogP contribution is -2.27. The lowest BCUT2D eigenvalue weighted by Gasteiger charge is -2.07. The van der Waals surface area contributed by atoms with Gasteiger partial charge in [-0.15, -0.1) is 0 Å². The quantitative estimate of drug-likeness (QED) is 0.819. The van der Waals surface area contributed by atoms with Crippen molar-refractivity contribution in [3.05, 3.63) is 65.2 Å². The fourth-order valence-corrected chi connectivity index (χ4v) is 2.10. The number of nitrogens with one attached hydrogen (secondary N) is 2. The van der Waals surface area contributed by atoms with Crippen molar-refractivity contribution in [2.24, 2.45) is 0 Å². The van der Waals surface area contributed by atoms with Crippen LogP contribution < -0.4 is 10.6 Å². The summed E-state index contributed by atoms with van der Waals surface area (Å²) in [7, 11) is 0. The lowest BCUT2D eigenvalue weighted by molar-refractivity contribution is 0.0953. The monoisotopic (exact) mass is 329 g/mol. The van der Waals surface area contributed by atoms with Gasteiger partial charge in [-0.05, 0) is 36.6 Å². The molecule has 0 saturated heterocycles. The van der Waals surface area contributed by atoms with Crippen molar-refractivity contribution in [1.82, 2.24) is 15.6 Å². The van der Waals surface area contributed by atoms with E-state index in [1.54, 1.807) is 12.1 Å². The summed E-state index contributed by atoms with van der Waals surface area (Å²) in [6.07, 6.45) is 4.28. The second kappa shape index (κ2) is 8.76. The average Bonchev–Trinajstić information content (AvgIpc) is 2.61. The SMILES string of the molecule is CCCNC(=O)c1cncc(C(=O)NCCc2ccc(F)cc2)c1. The van der Waals surface area contributed by atoms with E-state index in [9.17, 15) is 14.0 Å². The summed E-state index contributed by atoms with van der Waals surface area (Å²) in [5.74, 6) is -0.827. The van der Waals surface area contributed by atoms with E-state index in [0.717, 1.165) is 12.0 Å². The highest BCUT2D eigenvalue weighted by Crippen LogP contribution is 2.05. The van der Waals surface area contributed by atoms with E-state index in [4.69, 9.17) is 0 Å². The molecule has 0 saturated carbocycles. The molecule has 0 aliphatic heterocycles. The van der Waals surface area contributed by atoms with Crippen LogP contribution in [0.4, 0.5) is 4.39 Å². The maximum absolute atomic E-state index is 12.8. The summed E-state index contributed by atoms with van der Waals surface area (Å²) in [6, 6.07) is 7.66. The maximum atomic E-state index is 12.8. The first-order valence-electron chi connectivity index (χ1n) is 7.86. The van der Waals surface area contributed by atoms with Crippen LogP contribution in [0.2, 0.25) is 0 Å². The highest BCUT2D eigenvalue weighted by Gasteiger charge is 2.10.